The molecule has 5 rings (SSSR count). The van der Waals surface area contributed by atoms with Crippen LogP contribution in [0.25, 0.3) is 0 Å². The van der Waals surface area contributed by atoms with Gasteiger partial charge in [0.15, 0.2) is 0 Å². The van der Waals surface area contributed by atoms with Crippen molar-refractivity contribution in [1.29, 1.82) is 0 Å². The molecule has 2 aromatic rings. The molecule has 0 aliphatic carbocycles. The van der Waals surface area contributed by atoms with Crippen molar-refractivity contribution in [2.45, 2.75) is 25.0 Å². The fourth-order valence-corrected chi connectivity index (χ4v) is 4.61. The van der Waals surface area contributed by atoms with Crippen LogP contribution in [0.15, 0.2) is 42.5 Å². The molecule has 3 saturated heterocycles. The van der Waals surface area contributed by atoms with E-state index in [2.05, 4.69) is 0 Å². The third-order valence-electron chi connectivity index (χ3n) is 5.92. The number of rotatable bonds is 5. The van der Waals surface area contributed by atoms with Crippen LogP contribution < -0.4 is 14.4 Å². The zero-order valence-electron chi connectivity index (χ0n) is 16.0. The fourth-order valence-electron chi connectivity index (χ4n) is 4.61. The first-order valence-electron chi connectivity index (χ1n) is 9.61. The summed E-state index contributed by atoms with van der Waals surface area (Å²) in [7, 11) is 1.54. The number of non-ortho nitro benzene ring substituents is 1. The molecule has 30 heavy (non-hydrogen) atoms. The van der Waals surface area contributed by atoms with E-state index in [0.29, 0.717) is 11.5 Å². The van der Waals surface area contributed by atoms with Gasteiger partial charge in [0.05, 0.1) is 47.8 Å². The van der Waals surface area contributed by atoms with Gasteiger partial charge in [-0.15, -0.1) is 0 Å². The third-order valence-corrected chi connectivity index (χ3v) is 5.92. The van der Waals surface area contributed by atoms with Crippen LogP contribution in [0.5, 0.6) is 17.2 Å². The van der Waals surface area contributed by atoms with Crippen LogP contribution in [0.4, 0.5) is 11.4 Å². The summed E-state index contributed by atoms with van der Waals surface area (Å²) in [4.78, 5) is 37.9. The number of amides is 2. The molecule has 0 spiro atoms. The van der Waals surface area contributed by atoms with E-state index in [1.54, 1.807) is 31.4 Å². The highest BCUT2D eigenvalue weighted by Gasteiger charge is 2.62. The predicted octanol–water partition coefficient (Wildman–Crippen LogP) is 3.06. The average Bonchev–Trinajstić information content (AvgIpc) is 3.42. The SMILES string of the molecule is COc1ccc(Oc2cc(N3C(=O)[C@@H]4[C@H](C3=O)[C@H]3CC[C@H]4O3)cc([N+](=O)[O-])c2)cc1. The lowest BCUT2D eigenvalue weighted by molar-refractivity contribution is -0.384. The molecule has 0 aromatic heterocycles. The van der Waals surface area contributed by atoms with Gasteiger partial charge in [0.2, 0.25) is 11.8 Å². The van der Waals surface area contributed by atoms with Gasteiger partial charge in [-0.05, 0) is 37.1 Å². The van der Waals surface area contributed by atoms with Crippen LogP contribution in [-0.4, -0.2) is 36.1 Å². The minimum atomic E-state index is -0.580. The second kappa shape index (κ2) is 6.81. The number of benzene rings is 2. The molecule has 0 unspecified atom stereocenters. The number of fused-ring (bicyclic) bond motifs is 5. The first-order valence-corrected chi connectivity index (χ1v) is 9.61. The van der Waals surface area contributed by atoms with E-state index in [-0.39, 0.29) is 41.1 Å². The summed E-state index contributed by atoms with van der Waals surface area (Å²) in [6, 6.07) is 10.6. The summed E-state index contributed by atoms with van der Waals surface area (Å²) in [5.41, 5.74) is -0.135. The summed E-state index contributed by atoms with van der Waals surface area (Å²) in [5, 5.41) is 11.5. The molecule has 2 amide bonds. The molecule has 3 heterocycles. The lowest BCUT2D eigenvalue weighted by Gasteiger charge is -2.18. The smallest absolute Gasteiger partial charge is 0.275 e. The van der Waals surface area contributed by atoms with Gasteiger partial charge in [-0.2, -0.15) is 0 Å². The summed E-state index contributed by atoms with van der Waals surface area (Å²) in [6.45, 7) is 0. The normalized spacial score (nSPS) is 26.8. The molecular formula is C21H18N2O7. The Morgan fingerprint density at radius 1 is 0.967 bits per heavy atom. The molecule has 2 aromatic carbocycles. The molecule has 9 heteroatoms. The van der Waals surface area contributed by atoms with Crippen molar-refractivity contribution >= 4 is 23.2 Å². The summed E-state index contributed by atoms with van der Waals surface area (Å²) >= 11 is 0. The van der Waals surface area contributed by atoms with Crippen LogP contribution in [0, 0.1) is 22.0 Å². The molecular weight excluding hydrogens is 392 g/mol. The first kappa shape index (κ1) is 18.6. The van der Waals surface area contributed by atoms with E-state index in [1.165, 1.54) is 18.2 Å². The minimum Gasteiger partial charge on any atom is -0.497 e. The number of hydrogen-bond donors (Lipinski definition) is 0. The lowest BCUT2D eigenvalue weighted by atomic mass is 9.81. The van der Waals surface area contributed by atoms with Crippen LogP contribution >= 0.6 is 0 Å². The van der Waals surface area contributed by atoms with Crippen LogP contribution in [-0.2, 0) is 14.3 Å². The molecule has 9 nitrogen and oxygen atoms in total. The second-order valence-electron chi connectivity index (χ2n) is 7.57. The number of anilines is 1. The Morgan fingerprint density at radius 2 is 1.57 bits per heavy atom. The van der Waals surface area contributed by atoms with Crippen LogP contribution in [0.3, 0.4) is 0 Å². The third kappa shape index (κ3) is 2.81. The number of imide groups is 1. The van der Waals surface area contributed by atoms with Gasteiger partial charge in [0.1, 0.15) is 17.2 Å². The van der Waals surface area contributed by atoms with E-state index in [4.69, 9.17) is 14.2 Å². The Labute approximate surface area is 171 Å². The highest BCUT2D eigenvalue weighted by molar-refractivity contribution is 6.23. The van der Waals surface area contributed by atoms with Crippen molar-refractivity contribution < 1.29 is 28.7 Å². The summed E-state index contributed by atoms with van der Waals surface area (Å²) < 4.78 is 16.6. The highest BCUT2D eigenvalue weighted by atomic mass is 16.6. The molecule has 4 atom stereocenters. The topological polar surface area (TPSA) is 108 Å². The van der Waals surface area contributed by atoms with Crippen molar-refractivity contribution in [2.75, 3.05) is 12.0 Å². The largest absolute Gasteiger partial charge is 0.497 e. The first-order chi connectivity index (χ1) is 14.5. The molecule has 3 aliphatic rings. The van der Waals surface area contributed by atoms with Crippen molar-refractivity contribution in [3.8, 4) is 17.2 Å². The van der Waals surface area contributed by atoms with Gasteiger partial charge in [0.25, 0.3) is 5.69 Å². The van der Waals surface area contributed by atoms with Crippen molar-refractivity contribution in [1.82, 2.24) is 0 Å². The maximum Gasteiger partial charge on any atom is 0.275 e. The Morgan fingerprint density at radius 3 is 2.13 bits per heavy atom. The summed E-state index contributed by atoms with van der Waals surface area (Å²) in [5.74, 6) is -0.534. The van der Waals surface area contributed by atoms with Gasteiger partial charge in [0, 0.05) is 12.1 Å². The Balaban J connectivity index is 1.49. The van der Waals surface area contributed by atoms with E-state index in [0.717, 1.165) is 17.7 Å². The Kier molecular flexibility index (Phi) is 4.21. The number of carbonyl (C=O) groups excluding carboxylic acids is 2. The quantitative estimate of drug-likeness (QED) is 0.423. The van der Waals surface area contributed by atoms with Crippen molar-refractivity contribution in [2.24, 2.45) is 11.8 Å². The molecule has 2 bridgehead atoms. The summed E-state index contributed by atoms with van der Waals surface area (Å²) in [6.07, 6.45) is 0.990. The monoisotopic (exact) mass is 410 g/mol. The zero-order chi connectivity index (χ0) is 21.0. The minimum absolute atomic E-state index is 0.136. The number of nitro groups is 1. The fraction of sp³-hybridized carbons (Fsp3) is 0.333. The van der Waals surface area contributed by atoms with E-state index >= 15 is 0 Å². The number of carbonyl (C=O) groups is 2. The van der Waals surface area contributed by atoms with Gasteiger partial charge >= 0.3 is 0 Å². The second-order valence-corrected chi connectivity index (χ2v) is 7.57. The Bertz CT molecular complexity index is 1020. The standard InChI is InChI=1S/C21H18N2O7/c1-28-13-2-4-14(5-3-13)29-15-9-11(8-12(10-15)23(26)27)22-20(24)18-16-6-7-17(30-16)19(18)21(22)25/h2-5,8-10,16-19H,6-7H2,1H3/t16-,17-,18-,19+/m1/s1. The zero-order valence-corrected chi connectivity index (χ0v) is 16.0. The number of ether oxygens (including phenoxy) is 3. The molecule has 3 aliphatic heterocycles. The molecule has 0 N–H and O–H groups in total. The number of hydrogen-bond acceptors (Lipinski definition) is 7. The lowest BCUT2D eigenvalue weighted by Crippen LogP contribution is -2.34. The van der Waals surface area contributed by atoms with Crippen LogP contribution in [0.2, 0.25) is 0 Å². The highest BCUT2D eigenvalue weighted by Crippen LogP contribution is 2.50. The Hall–Kier alpha value is -3.46. The molecule has 0 radical (unpaired) electrons. The number of nitrogens with zero attached hydrogens (tertiary/aromatic N) is 2. The van der Waals surface area contributed by atoms with E-state index in [9.17, 15) is 19.7 Å². The maximum absolute atomic E-state index is 13.0. The molecule has 0 saturated carbocycles. The maximum atomic E-state index is 13.0. The van der Waals surface area contributed by atoms with Gasteiger partial charge in [-0.25, -0.2) is 4.90 Å². The van der Waals surface area contributed by atoms with Gasteiger partial charge in [-0.1, -0.05) is 0 Å². The van der Waals surface area contributed by atoms with Crippen molar-refractivity contribution in [3.05, 3.63) is 52.6 Å². The predicted molar refractivity (Wildman–Crippen MR) is 104 cm³/mol. The number of methoxy groups -OCH3 is 1. The number of nitro benzene ring substituents is 1. The van der Waals surface area contributed by atoms with Crippen LogP contribution in [0.1, 0.15) is 12.8 Å². The van der Waals surface area contributed by atoms with E-state index < -0.39 is 16.8 Å². The van der Waals surface area contributed by atoms with E-state index in [1.807, 2.05) is 0 Å². The van der Waals surface area contributed by atoms with Gasteiger partial charge in [-0.3, -0.25) is 19.7 Å². The van der Waals surface area contributed by atoms with Crippen molar-refractivity contribution in [3.63, 3.8) is 0 Å². The molecule has 154 valence electrons. The average molecular weight is 410 g/mol. The van der Waals surface area contributed by atoms with Gasteiger partial charge < -0.3 is 14.2 Å². The molecule has 3 fully saturated rings.